The molecular formula is C16H24N2O3. The predicted octanol–water partition coefficient (Wildman–Crippen LogP) is 3.03. The maximum atomic E-state index is 12.4. The molecule has 1 fully saturated rings. The third-order valence-corrected chi connectivity index (χ3v) is 4.64. The van der Waals surface area contributed by atoms with Crippen molar-refractivity contribution in [3.63, 3.8) is 0 Å². The minimum Gasteiger partial charge on any atom is -0.477 e. The van der Waals surface area contributed by atoms with E-state index in [0.29, 0.717) is 16.8 Å². The summed E-state index contributed by atoms with van der Waals surface area (Å²) < 4.78 is 0. The monoisotopic (exact) mass is 292 g/mol. The maximum absolute atomic E-state index is 12.4. The SMILES string of the molecule is CCC1CCC(NC(=O)c2c(C)[nH]c(C(=O)O)c2C)CC1. The number of rotatable bonds is 4. The summed E-state index contributed by atoms with van der Waals surface area (Å²) in [7, 11) is 0. The van der Waals surface area contributed by atoms with Crippen LogP contribution in [0.15, 0.2) is 0 Å². The number of carbonyl (C=O) groups excluding carboxylic acids is 1. The Morgan fingerprint density at radius 2 is 1.86 bits per heavy atom. The molecule has 0 atom stereocenters. The summed E-state index contributed by atoms with van der Waals surface area (Å²) in [5, 5.41) is 12.2. The number of aromatic nitrogens is 1. The molecule has 0 aromatic carbocycles. The van der Waals surface area contributed by atoms with E-state index < -0.39 is 5.97 Å². The van der Waals surface area contributed by atoms with E-state index in [0.717, 1.165) is 31.6 Å². The van der Waals surface area contributed by atoms with Gasteiger partial charge in [0.1, 0.15) is 5.69 Å². The smallest absolute Gasteiger partial charge is 0.352 e. The normalized spacial score (nSPS) is 22.0. The minimum atomic E-state index is -1.03. The summed E-state index contributed by atoms with van der Waals surface area (Å²) in [4.78, 5) is 26.3. The van der Waals surface area contributed by atoms with Crippen molar-refractivity contribution < 1.29 is 14.7 Å². The van der Waals surface area contributed by atoms with Crippen LogP contribution in [0.5, 0.6) is 0 Å². The van der Waals surface area contributed by atoms with E-state index in [-0.39, 0.29) is 17.6 Å². The maximum Gasteiger partial charge on any atom is 0.352 e. The molecule has 1 aromatic rings. The van der Waals surface area contributed by atoms with E-state index >= 15 is 0 Å². The number of aromatic carboxylic acids is 1. The Bertz CT molecular complexity index is 540. The minimum absolute atomic E-state index is 0.104. The lowest BCUT2D eigenvalue weighted by Crippen LogP contribution is -2.38. The van der Waals surface area contributed by atoms with Crippen LogP contribution in [0.25, 0.3) is 0 Å². The molecule has 1 aliphatic rings. The summed E-state index contributed by atoms with van der Waals surface area (Å²) in [6.07, 6.45) is 5.55. The molecule has 2 rings (SSSR count). The van der Waals surface area contributed by atoms with Crippen LogP contribution in [0.2, 0.25) is 0 Å². The Kier molecular flexibility index (Phi) is 4.70. The van der Waals surface area contributed by atoms with Crippen molar-refractivity contribution >= 4 is 11.9 Å². The zero-order chi connectivity index (χ0) is 15.6. The number of hydrogen-bond acceptors (Lipinski definition) is 2. The van der Waals surface area contributed by atoms with E-state index in [4.69, 9.17) is 5.11 Å². The molecule has 0 radical (unpaired) electrons. The van der Waals surface area contributed by atoms with Gasteiger partial charge < -0.3 is 15.4 Å². The quantitative estimate of drug-likeness (QED) is 0.797. The van der Waals surface area contributed by atoms with Gasteiger partial charge in [-0.15, -0.1) is 0 Å². The number of nitrogens with one attached hydrogen (secondary N) is 2. The van der Waals surface area contributed by atoms with Gasteiger partial charge in [0.2, 0.25) is 0 Å². The van der Waals surface area contributed by atoms with E-state index in [1.807, 2.05) is 0 Å². The van der Waals surface area contributed by atoms with Crippen molar-refractivity contribution in [1.29, 1.82) is 0 Å². The van der Waals surface area contributed by atoms with Crippen molar-refractivity contribution in [3.05, 3.63) is 22.5 Å². The molecule has 3 N–H and O–H groups in total. The van der Waals surface area contributed by atoms with Gasteiger partial charge in [-0.1, -0.05) is 13.3 Å². The Hall–Kier alpha value is -1.78. The Morgan fingerprint density at radius 3 is 2.33 bits per heavy atom. The summed E-state index contributed by atoms with van der Waals surface area (Å²) in [5.74, 6) is -0.403. The van der Waals surface area contributed by atoms with Gasteiger partial charge in [0.25, 0.3) is 5.91 Å². The number of H-pyrrole nitrogens is 1. The highest BCUT2D eigenvalue weighted by molar-refractivity contribution is 6.00. The van der Waals surface area contributed by atoms with Crippen LogP contribution in [0.4, 0.5) is 0 Å². The Labute approximate surface area is 125 Å². The van der Waals surface area contributed by atoms with Crippen LogP contribution in [0.3, 0.4) is 0 Å². The lowest BCUT2D eigenvalue weighted by atomic mass is 9.84. The first-order chi connectivity index (χ1) is 9.93. The number of hydrogen-bond donors (Lipinski definition) is 3. The second-order valence-corrected chi connectivity index (χ2v) is 6.03. The zero-order valence-electron chi connectivity index (χ0n) is 13.0. The van der Waals surface area contributed by atoms with Gasteiger partial charge in [0.05, 0.1) is 5.56 Å². The van der Waals surface area contributed by atoms with Crippen molar-refractivity contribution in [2.75, 3.05) is 0 Å². The highest BCUT2D eigenvalue weighted by Crippen LogP contribution is 2.27. The Balaban J connectivity index is 2.06. The van der Waals surface area contributed by atoms with Crippen molar-refractivity contribution in [2.45, 2.75) is 58.9 Å². The fraction of sp³-hybridized carbons (Fsp3) is 0.625. The van der Waals surface area contributed by atoms with E-state index in [9.17, 15) is 9.59 Å². The first-order valence-corrected chi connectivity index (χ1v) is 7.67. The number of carboxylic acids is 1. The summed E-state index contributed by atoms with van der Waals surface area (Å²) in [5.41, 5.74) is 1.71. The average Bonchev–Trinajstić information content (AvgIpc) is 2.75. The van der Waals surface area contributed by atoms with E-state index in [2.05, 4.69) is 17.2 Å². The Morgan fingerprint density at radius 1 is 1.24 bits per heavy atom. The van der Waals surface area contributed by atoms with Crippen molar-refractivity contribution in [3.8, 4) is 0 Å². The molecule has 5 nitrogen and oxygen atoms in total. The van der Waals surface area contributed by atoms with Gasteiger partial charge >= 0.3 is 5.97 Å². The van der Waals surface area contributed by atoms with E-state index in [1.165, 1.54) is 6.42 Å². The van der Waals surface area contributed by atoms with Crippen LogP contribution in [0, 0.1) is 19.8 Å². The van der Waals surface area contributed by atoms with Gasteiger partial charge in [-0.2, -0.15) is 0 Å². The number of amides is 1. The fourth-order valence-corrected chi connectivity index (χ4v) is 3.28. The summed E-state index contributed by atoms with van der Waals surface area (Å²) in [6.45, 7) is 5.63. The third-order valence-electron chi connectivity index (χ3n) is 4.64. The third kappa shape index (κ3) is 3.28. The topological polar surface area (TPSA) is 82.2 Å². The number of carboxylic acid groups (broad SMARTS) is 1. The molecule has 0 saturated heterocycles. The largest absolute Gasteiger partial charge is 0.477 e. The van der Waals surface area contributed by atoms with Crippen LogP contribution in [-0.2, 0) is 0 Å². The van der Waals surface area contributed by atoms with Crippen LogP contribution < -0.4 is 5.32 Å². The van der Waals surface area contributed by atoms with Crippen molar-refractivity contribution in [2.24, 2.45) is 5.92 Å². The molecule has 0 aliphatic heterocycles. The molecule has 1 amide bonds. The van der Waals surface area contributed by atoms with E-state index in [1.54, 1.807) is 13.8 Å². The number of carbonyl (C=O) groups is 2. The van der Waals surface area contributed by atoms with Crippen LogP contribution in [0.1, 0.15) is 71.1 Å². The molecule has 0 bridgehead atoms. The van der Waals surface area contributed by atoms with Crippen molar-refractivity contribution in [1.82, 2.24) is 10.3 Å². The van der Waals surface area contributed by atoms with Crippen LogP contribution in [-0.4, -0.2) is 28.0 Å². The zero-order valence-corrected chi connectivity index (χ0v) is 13.0. The molecule has 1 heterocycles. The average molecular weight is 292 g/mol. The number of aromatic amines is 1. The first kappa shape index (κ1) is 15.6. The molecule has 116 valence electrons. The highest BCUT2D eigenvalue weighted by atomic mass is 16.4. The molecular weight excluding hydrogens is 268 g/mol. The molecule has 0 unspecified atom stereocenters. The molecule has 1 saturated carbocycles. The predicted molar refractivity (Wildman–Crippen MR) is 80.7 cm³/mol. The van der Waals surface area contributed by atoms with Gasteiger partial charge in [-0.05, 0) is 51.0 Å². The summed E-state index contributed by atoms with van der Waals surface area (Å²) in [6, 6.07) is 0.210. The number of aryl methyl sites for hydroxylation is 1. The highest BCUT2D eigenvalue weighted by Gasteiger charge is 2.25. The molecule has 0 spiro atoms. The standard InChI is InChI=1S/C16H24N2O3/c1-4-11-5-7-12(8-6-11)18-15(19)13-9(2)14(16(20)21)17-10(13)3/h11-12,17H,4-8H2,1-3H3,(H,18,19)(H,20,21). The van der Waals surface area contributed by atoms with Gasteiger partial charge in [0.15, 0.2) is 0 Å². The summed E-state index contributed by atoms with van der Waals surface area (Å²) >= 11 is 0. The second-order valence-electron chi connectivity index (χ2n) is 6.03. The first-order valence-electron chi connectivity index (χ1n) is 7.67. The molecule has 5 heteroatoms. The molecule has 1 aromatic heterocycles. The molecule has 21 heavy (non-hydrogen) atoms. The molecule has 1 aliphatic carbocycles. The van der Waals surface area contributed by atoms with Gasteiger partial charge in [0, 0.05) is 11.7 Å². The van der Waals surface area contributed by atoms with Gasteiger partial charge in [-0.25, -0.2) is 4.79 Å². The fourth-order valence-electron chi connectivity index (χ4n) is 3.28. The lowest BCUT2D eigenvalue weighted by Gasteiger charge is -2.28. The van der Waals surface area contributed by atoms with Gasteiger partial charge in [-0.3, -0.25) is 4.79 Å². The second kappa shape index (κ2) is 6.33. The van der Waals surface area contributed by atoms with Crippen LogP contribution >= 0.6 is 0 Å². The lowest BCUT2D eigenvalue weighted by molar-refractivity contribution is 0.0690.